The van der Waals surface area contributed by atoms with E-state index in [4.69, 9.17) is 16.1 Å². The van der Waals surface area contributed by atoms with E-state index in [0.717, 1.165) is 18.6 Å². The number of imidazole rings is 1. The Morgan fingerprint density at radius 1 is 1.19 bits per heavy atom. The number of benzene rings is 1. The molecule has 0 bridgehead atoms. The largest absolute Gasteiger partial charge is 0.339 e. The van der Waals surface area contributed by atoms with Crippen LogP contribution in [-0.2, 0) is 6.42 Å². The maximum absolute atomic E-state index is 13.9. The van der Waals surface area contributed by atoms with Crippen molar-refractivity contribution in [3.8, 4) is 11.4 Å². The van der Waals surface area contributed by atoms with Crippen molar-refractivity contribution in [2.24, 2.45) is 0 Å². The molecule has 8 nitrogen and oxygen atoms in total. The number of nitrogens with one attached hydrogen (secondary N) is 1. The Morgan fingerprint density at radius 3 is 2.75 bits per heavy atom. The van der Waals surface area contributed by atoms with Crippen LogP contribution < -0.4 is 4.90 Å². The number of nitrogens with zero attached hydrogens (tertiary/aromatic N) is 5. The van der Waals surface area contributed by atoms with Crippen LogP contribution in [0.15, 0.2) is 29.3 Å². The number of fused-ring (bicyclic) bond motifs is 1. The average molecular weight is 463 g/mol. The zero-order valence-electron chi connectivity index (χ0n) is 17.4. The first-order valence-electron chi connectivity index (χ1n) is 10.2. The molecule has 1 aromatic carbocycles. The van der Waals surface area contributed by atoms with E-state index in [0.29, 0.717) is 55.5 Å². The molecule has 4 rings (SSSR count). The van der Waals surface area contributed by atoms with Crippen LogP contribution >= 0.6 is 11.6 Å². The summed E-state index contributed by atoms with van der Waals surface area (Å²) in [6.07, 6.45) is 2.51. The molecule has 0 saturated carbocycles. The Kier molecular flexibility index (Phi) is 6.22. The van der Waals surface area contributed by atoms with Crippen molar-refractivity contribution >= 4 is 29.1 Å². The minimum atomic E-state index is -0.755. The van der Waals surface area contributed by atoms with Gasteiger partial charge in [0, 0.05) is 25.6 Å². The van der Waals surface area contributed by atoms with Crippen molar-refractivity contribution in [3.05, 3.63) is 53.3 Å². The van der Waals surface area contributed by atoms with Crippen molar-refractivity contribution in [1.82, 2.24) is 25.0 Å². The van der Waals surface area contributed by atoms with E-state index in [2.05, 4.69) is 26.7 Å². The van der Waals surface area contributed by atoms with Crippen molar-refractivity contribution < 1.29 is 18.1 Å². The van der Waals surface area contributed by atoms with Gasteiger partial charge >= 0.3 is 6.03 Å². The van der Waals surface area contributed by atoms with Crippen molar-refractivity contribution in [1.29, 1.82) is 0 Å². The number of carbonyl (C=O) groups is 1. The summed E-state index contributed by atoms with van der Waals surface area (Å²) in [6.45, 7) is 6.95. The summed E-state index contributed by atoms with van der Waals surface area (Å²) in [5.74, 6) is -0.534. The number of amides is 2. The lowest BCUT2D eigenvalue weighted by molar-refractivity contribution is 0.222. The van der Waals surface area contributed by atoms with Gasteiger partial charge in [0.05, 0.1) is 11.3 Å². The second kappa shape index (κ2) is 9.07. The van der Waals surface area contributed by atoms with Crippen LogP contribution in [0.1, 0.15) is 37.8 Å². The van der Waals surface area contributed by atoms with Gasteiger partial charge in [-0.15, -0.1) is 0 Å². The van der Waals surface area contributed by atoms with Crippen LogP contribution in [0.2, 0.25) is 5.28 Å². The minimum Gasteiger partial charge on any atom is -0.339 e. The Morgan fingerprint density at radius 2 is 2.00 bits per heavy atom. The zero-order valence-corrected chi connectivity index (χ0v) is 18.1. The Hall–Kier alpha value is -3.27. The van der Waals surface area contributed by atoms with E-state index in [-0.39, 0.29) is 22.7 Å². The van der Waals surface area contributed by atoms with Crippen LogP contribution in [0, 0.1) is 11.6 Å². The number of hydrogen-bond acceptors (Lipinski definition) is 5. The average Bonchev–Trinajstić information content (AvgIpc) is 3.37. The molecule has 1 aliphatic rings. The molecule has 0 unspecified atom stereocenters. The molecule has 3 heterocycles. The highest BCUT2D eigenvalue weighted by molar-refractivity contribution is 6.28. The number of unbranched alkanes of at least 4 members (excludes halogenated alkanes) is 1. The molecule has 11 heteroatoms. The maximum atomic E-state index is 13.9. The second-order valence-corrected chi connectivity index (χ2v) is 7.71. The lowest BCUT2D eigenvalue weighted by atomic mass is 10.1. The number of H-pyrrole nitrogens is 1. The van der Waals surface area contributed by atoms with E-state index < -0.39 is 11.6 Å². The van der Waals surface area contributed by atoms with Gasteiger partial charge in [0.2, 0.25) is 17.0 Å². The number of halogens is 3. The van der Waals surface area contributed by atoms with Crippen LogP contribution in [0.3, 0.4) is 0 Å². The predicted octanol–water partition coefficient (Wildman–Crippen LogP) is 5.04. The SMILES string of the molecule is C=C1c2[nH]c(Cl)nc2N(CCC)C(=O)N1CCCCc1nc(-c2ccc(F)cc2F)no1. The van der Waals surface area contributed by atoms with E-state index in [1.165, 1.54) is 6.07 Å². The van der Waals surface area contributed by atoms with Gasteiger partial charge in [-0.2, -0.15) is 9.97 Å². The highest BCUT2D eigenvalue weighted by atomic mass is 35.5. The van der Waals surface area contributed by atoms with Crippen LogP contribution in [0.5, 0.6) is 0 Å². The minimum absolute atomic E-state index is 0.0657. The Labute approximate surface area is 187 Å². The fourth-order valence-electron chi connectivity index (χ4n) is 3.56. The molecule has 1 N–H and O–H groups in total. The molecule has 2 aromatic heterocycles. The van der Waals surface area contributed by atoms with Gasteiger partial charge in [-0.25, -0.2) is 13.6 Å². The third-order valence-corrected chi connectivity index (χ3v) is 5.28. The highest BCUT2D eigenvalue weighted by Gasteiger charge is 2.35. The van der Waals surface area contributed by atoms with Gasteiger partial charge in [0.25, 0.3) is 0 Å². The second-order valence-electron chi connectivity index (χ2n) is 7.35. The molecule has 2 amide bonds. The van der Waals surface area contributed by atoms with Crippen LogP contribution in [0.25, 0.3) is 17.1 Å². The molecule has 168 valence electrons. The summed E-state index contributed by atoms with van der Waals surface area (Å²) < 4.78 is 32.2. The summed E-state index contributed by atoms with van der Waals surface area (Å²) in [5, 5.41) is 3.98. The normalized spacial score (nSPS) is 13.8. The molecule has 0 aliphatic carbocycles. The summed E-state index contributed by atoms with van der Waals surface area (Å²) in [4.78, 5) is 27.5. The van der Waals surface area contributed by atoms with E-state index in [9.17, 15) is 13.6 Å². The molecular formula is C21H21ClF2N6O2. The topological polar surface area (TPSA) is 91.2 Å². The number of carbonyl (C=O) groups excluding carboxylic acids is 1. The third kappa shape index (κ3) is 4.22. The predicted molar refractivity (Wildman–Crippen MR) is 115 cm³/mol. The summed E-state index contributed by atoms with van der Waals surface area (Å²) in [6, 6.07) is 2.98. The number of anilines is 1. The Balaban J connectivity index is 1.37. The summed E-state index contributed by atoms with van der Waals surface area (Å²) in [7, 11) is 0. The van der Waals surface area contributed by atoms with Crippen LogP contribution in [0.4, 0.5) is 19.4 Å². The van der Waals surface area contributed by atoms with Crippen molar-refractivity contribution in [3.63, 3.8) is 0 Å². The number of hydrogen-bond donors (Lipinski definition) is 1. The number of aromatic amines is 1. The molecular weight excluding hydrogens is 442 g/mol. The third-order valence-electron chi connectivity index (χ3n) is 5.10. The standard InChI is InChI=1S/C21H21ClF2N6O2/c1-3-9-30-19-17(26-20(22)27-19)12(2)29(21(30)31)10-5-4-6-16-25-18(28-32-16)14-8-7-13(23)11-15(14)24/h7-8,11H,2-6,9-10H2,1H3,(H,26,27). The molecule has 0 saturated heterocycles. The molecule has 0 spiro atoms. The molecule has 0 radical (unpaired) electrons. The van der Waals surface area contributed by atoms with Gasteiger partial charge in [-0.1, -0.05) is 18.7 Å². The molecule has 0 fully saturated rings. The first-order valence-corrected chi connectivity index (χ1v) is 10.6. The molecule has 3 aromatic rings. The van der Waals surface area contributed by atoms with E-state index >= 15 is 0 Å². The number of urea groups is 1. The maximum Gasteiger partial charge on any atom is 0.330 e. The van der Waals surface area contributed by atoms with Crippen molar-refractivity contribution in [2.75, 3.05) is 18.0 Å². The smallest absolute Gasteiger partial charge is 0.330 e. The van der Waals surface area contributed by atoms with Crippen molar-refractivity contribution in [2.45, 2.75) is 32.6 Å². The fourth-order valence-corrected chi connectivity index (χ4v) is 3.73. The summed E-state index contributed by atoms with van der Waals surface area (Å²) >= 11 is 6.01. The number of rotatable bonds is 8. The van der Waals surface area contributed by atoms with Gasteiger partial charge in [-0.3, -0.25) is 9.80 Å². The summed E-state index contributed by atoms with van der Waals surface area (Å²) in [5.41, 5.74) is 1.22. The lowest BCUT2D eigenvalue weighted by Gasteiger charge is -2.35. The van der Waals surface area contributed by atoms with E-state index in [1.54, 1.807) is 9.80 Å². The number of aryl methyl sites for hydroxylation is 1. The van der Waals surface area contributed by atoms with Gasteiger partial charge in [0.15, 0.2) is 5.82 Å². The monoisotopic (exact) mass is 462 g/mol. The molecule has 1 aliphatic heterocycles. The van der Waals surface area contributed by atoms with Gasteiger partial charge in [-0.05, 0) is 43.0 Å². The zero-order chi connectivity index (χ0) is 22.8. The quantitative estimate of drug-likeness (QED) is 0.474. The number of aromatic nitrogens is 4. The first-order chi connectivity index (χ1) is 15.4. The lowest BCUT2D eigenvalue weighted by Crippen LogP contribution is -2.47. The van der Waals surface area contributed by atoms with Gasteiger partial charge < -0.3 is 9.51 Å². The first kappa shape index (κ1) is 21.9. The molecule has 32 heavy (non-hydrogen) atoms. The van der Waals surface area contributed by atoms with Gasteiger partial charge in [0.1, 0.15) is 17.3 Å². The Bertz CT molecular complexity index is 1160. The molecule has 0 atom stereocenters. The van der Waals surface area contributed by atoms with Crippen LogP contribution in [-0.4, -0.2) is 44.1 Å². The fraction of sp³-hybridized carbons (Fsp3) is 0.333. The highest BCUT2D eigenvalue weighted by Crippen LogP contribution is 2.34. The van der Waals surface area contributed by atoms with E-state index in [1.807, 2.05) is 6.92 Å².